The molecule has 1 aliphatic heterocycles. The first-order valence-corrected chi connectivity index (χ1v) is 9.13. The predicted octanol–water partition coefficient (Wildman–Crippen LogP) is 1.25. The van der Waals surface area contributed by atoms with Gasteiger partial charge in [0.25, 0.3) is 0 Å². The van der Waals surface area contributed by atoms with E-state index in [1.54, 1.807) is 18.5 Å². The molecule has 0 amide bonds. The largest absolute Gasteiger partial charge is 0.477 e. The van der Waals surface area contributed by atoms with Gasteiger partial charge < -0.3 is 20.2 Å². The molecule has 1 fully saturated rings. The normalized spacial score (nSPS) is 16.2. The van der Waals surface area contributed by atoms with E-state index in [1.165, 1.54) is 0 Å². The summed E-state index contributed by atoms with van der Waals surface area (Å²) in [6, 6.07) is 1.80. The number of rotatable bonds is 6. The summed E-state index contributed by atoms with van der Waals surface area (Å²) in [7, 11) is 2.15. The van der Waals surface area contributed by atoms with Crippen LogP contribution in [0.25, 0.3) is 21.8 Å². The van der Waals surface area contributed by atoms with Crippen LogP contribution < -0.4 is 5.32 Å². The van der Waals surface area contributed by atoms with Gasteiger partial charge in [-0.05, 0) is 26.1 Å². The fourth-order valence-corrected chi connectivity index (χ4v) is 3.47. The van der Waals surface area contributed by atoms with Crippen molar-refractivity contribution in [1.29, 1.82) is 0 Å². The molecule has 0 unspecified atom stereocenters. The van der Waals surface area contributed by atoms with E-state index in [-0.39, 0.29) is 5.69 Å². The summed E-state index contributed by atoms with van der Waals surface area (Å²) in [5, 5.41) is 20.9. The van der Waals surface area contributed by atoms with Crippen molar-refractivity contribution in [3.8, 4) is 0 Å². The van der Waals surface area contributed by atoms with E-state index in [4.69, 9.17) is 0 Å². The molecule has 27 heavy (non-hydrogen) atoms. The number of H-pyrrole nitrogens is 1. The van der Waals surface area contributed by atoms with Crippen molar-refractivity contribution >= 4 is 33.6 Å². The average molecular weight is 369 g/mol. The Balaban J connectivity index is 1.53. The molecule has 0 aromatic carbocycles. The Kier molecular flexibility index (Phi) is 4.87. The number of piperazine rings is 1. The second-order valence-corrected chi connectivity index (χ2v) is 6.91. The van der Waals surface area contributed by atoms with Gasteiger partial charge in [-0.1, -0.05) is 0 Å². The Morgan fingerprint density at radius 2 is 2.15 bits per heavy atom. The van der Waals surface area contributed by atoms with E-state index >= 15 is 0 Å². The quantitative estimate of drug-likeness (QED) is 0.557. The minimum atomic E-state index is -1.05. The van der Waals surface area contributed by atoms with Crippen LogP contribution >= 0.6 is 0 Å². The zero-order valence-electron chi connectivity index (χ0n) is 15.3. The molecule has 0 bridgehead atoms. The van der Waals surface area contributed by atoms with Crippen LogP contribution in [0, 0.1) is 0 Å². The maximum absolute atomic E-state index is 11.6. The van der Waals surface area contributed by atoms with Crippen LogP contribution in [-0.2, 0) is 0 Å². The Bertz CT molecular complexity index is 963. The minimum absolute atomic E-state index is 0.0461. The van der Waals surface area contributed by atoms with Gasteiger partial charge in [0.05, 0.1) is 10.9 Å². The SMILES string of the molecule is CN1CCN(CCCNc2nc3ccncc3c3n[nH]c(C(=O)O)c23)CC1. The van der Waals surface area contributed by atoms with Gasteiger partial charge in [0.1, 0.15) is 11.3 Å². The van der Waals surface area contributed by atoms with Crippen molar-refractivity contribution in [1.82, 2.24) is 30.0 Å². The maximum Gasteiger partial charge on any atom is 0.354 e. The Morgan fingerprint density at radius 1 is 1.33 bits per heavy atom. The molecule has 9 nitrogen and oxygen atoms in total. The summed E-state index contributed by atoms with van der Waals surface area (Å²) in [6.45, 7) is 6.12. The lowest BCUT2D eigenvalue weighted by Gasteiger charge is -2.32. The number of nitrogens with zero attached hydrogens (tertiary/aromatic N) is 5. The molecule has 3 aromatic heterocycles. The summed E-state index contributed by atoms with van der Waals surface area (Å²) in [4.78, 5) is 25.1. The molecule has 4 rings (SSSR count). The molecule has 0 spiro atoms. The predicted molar refractivity (Wildman–Crippen MR) is 103 cm³/mol. The Morgan fingerprint density at radius 3 is 2.93 bits per heavy atom. The van der Waals surface area contributed by atoms with Crippen molar-refractivity contribution in [2.75, 3.05) is 51.6 Å². The van der Waals surface area contributed by atoms with Gasteiger partial charge in [-0.25, -0.2) is 9.78 Å². The van der Waals surface area contributed by atoms with E-state index in [0.29, 0.717) is 16.7 Å². The van der Waals surface area contributed by atoms with Crippen molar-refractivity contribution in [2.45, 2.75) is 6.42 Å². The van der Waals surface area contributed by atoms with E-state index in [9.17, 15) is 9.90 Å². The highest BCUT2D eigenvalue weighted by molar-refractivity contribution is 6.14. The number of aromatic nitrogens is 4. The number of hydrogen-bond acceptors (Lipinski definition) is 7. The van der Waals surface area contributed by atoms with Crippen LogP contribution in [-0.4, -0.2) is 87.4 Å². The summed E-state index contributed by atoms with van der Waals surface area (Å²) >= 11 is 0. The second-order valence-electron chi connectivity index (χ2n) is 6.91. The summed E-state index contributed by atoms with van der Waals surface area (Å²) in [5.74, 6) is -0.503. The number of nitrogens with one attached hydrogen (secondary N) is 2. The summed E-state index contributed by atoms with van der Waals surface area (Å²) < 4.78 is 0. The van der Waals surface area contributed by atoms with E-state index in [2.05, 4.69) is 42.3 Å². The van der Waals surface area contributed by atoms with E-state index in [0.717, 1.165) is 56.6 Å². The van der Waals surface area contributed by atoms with Crippen LogP contribution in [0.2, 0.25) is 0 Å². The Hall–Kier alpha value is -2.78. The molecular formula is C18H23N7O2. The van der Waals surface area contributed by atoms with Crippen LogP contribution in [0.3, 0.4) is 0 Å². The van der Waals surface area contributed by atoms with Crippen LogP contribution in [0.15, 0.2) is 18.5 Å². The van der Waals surface area contributed by atoms with Crippen LogP contribution in [0.1, 0.15) is 16.9 Å². The minimum Gasteiger partial charge on any atom is -0.477 e. The average Bonchev–Trinajstić information content (AvgIpc) is 3.12. The number of aromatic amines is 1. The van der Waals surface area contributed by atoms with Gasteiger partial charge in [0, 0.05) is 50.5 Å². The van der Waals surface area contributed by atoms with Gasteiger partial charge in [0.2, 0.25) is 0 Å². The van der Waals surface area contributed by atoms with Gasteiger partial charge in [-0.15, -0.1) is 0 Å². The van der Waals surface area contributed by atoms with Gasteiger partial charge in [-0.3, -0.25) is 10.1 Å². The third-order valence-electron chi connectivity index (χ3n) is 5.04. The van der Waals surface area contributed by atoms with E-state index in [1.807, 2.05) is 0 Å². The fourth-order valence-electron chi connectivity index (χ4n) is 3.47. The lowest BCUT2D eigenvalue weighted by Crippen LogP contribution is -2.44. The standard InChI is InChI=1S/C18H23N7O2/c1-24-7-9-25(10-8-24)6-2-4-20-17-14-15(22-23-16(14)18(26)27)12-11-19-5-3-13(12)21-17/h3,5,11H,2,4,6-10H2,1H3,(H,20,21)(H,22,23)(H,26,27). The van der Waals surface area contributed by atoms with Crippen molar-refractivity contribution in [2.24, 2.45) is 0 Å². The first kappa shape index (κ1) is 17.6. The molecule has 3 aromatic rings. The molecule has 142 valence electrons. The topological polar surface area (TPSA) is 110 Å². The number of carboxylic acid groups (broad SMARTS) is 1. The highest BCUT2D eigenvalue weighted by Crippen LogP contribution is 2.29. The smallest absolute Gasteiger partial charge is 0.354 e. The zero-order valence-corrected chi connectivity index (χ0v) is 15.3. The molecule has 0 aliphatic carbocycles. The highest BCUT2D eigenvalue weighted by Gasteiger charge is 2.20. The number of carboxylic acids is 1. The molecule has 0 atom stereocenters. The van der Waals surface area contributed by atoms with E-state index < -0.39 is 5.97 Å². The summed E-state index contributed by atoms with van der Waals surface area (Å²) in [5.41, 5.74) is 1.36. The molecular weight excluding hydrogens is 346 g/mol. The second kappa shape index (κ2) is 7.45. The van der Waals surface area contributed by atoms with Crippen molar-refractivity contribution in [3.63, 3.8) is 0 Å². The van der Waals surface area contributed by atoms with Gasteiger partial charge in [0.15, 0.2) is 5.69 Å². The maximum atomic E-state index is 11.6. The van der Waals surface area contributed by atoms with Gasteiger partial charge >= 0.3 is 5.97 Å². The lowest BCUT2D eigenvalue weighted by atomic mass is 10.1. The lowest BCUT2D eigenvalue weighted by molar-refractivity contribution is 0.0692. The third-order valence-corrected chi connectivity index (χ3v) is 5.04. The molecule has 0 radical (unpaired) electrons. The monoisotopic (exact) mass is 369 g/mol. The number of aromatic carboxylic acids is 1. The molecule has 0 saturated carbocycles. The van der Waals surface area contributed by atoms with Crippen molar-refractivity contribution < 1.29 is 9.90 Å². The molecule has 3 N–H and O–H groups in total. The number of likely N-dealkylation sites (N-methyl/N-ethyl adjacent to an activating group) is 1. The highest BCUT2D eigenvalue weighted by atomic mass is 16.4. The fraction of sp³-hybridized carbons (Fsp3) is 0.444. The Labute approximate surface area is 156 Å². The molecule has 9 heteroatoms. The van der Waals surface area contributed by atoms with Crippen LogP contribution in [0.4, 0.5) is 5.82 Å². The number of carbonyl (C=O) groups is 1. The van der Waals surface area contributed by atoms with Gasteiger partial charge in [-0.2, -0.15) is 5.10 Å². The molecule has 1 saturated heterocycles. The van der Waals surface area contributed by atoms with Crippen molar-refractivity contribution in [3.05, 3.63) is 24.2 Å². The number of fused-ring (bicyclic) bond motifs is 3. The molecule has 1 aliphatic rings. The number of pyridine rings is 2. The zero-order chi connectivity index (χ0) is 18.8. The first-order chi connectivity index (χ1) is 13.1. The number of hydrogen-bond donors (Lipinski definition) is 3. The number of anilines is 1. The van der Waals surface area contributed by atoms with Crippen LogP contribution in [0.5, 0.6) is 0 Å². The molecule has 4 heterocycles. The third kappa shape index (κ3) is 3.56. The first-order valence-electron chi connectivity index (χ1n) is 9.13. The summed E-state index contributed by atoms with van der Waals surface area (Å²) in [6.07, 6.45) is 4.29.